The normalized spacial score (nSPS) is 11.9. The van der Waals surface area contributed by atoms with Crippen LogP contribution in [0, 0.1) is 6.92 Å². The van der Waals surface area contributed by atoms with Crippen LogP contribution >= 0.6 is 0 Å². The Morgan fingerprint density at radius 3 is 2.63 bits per heavy atom. The Morgan fingerprint density at radius 1 is 1.37 bits per heavy atom. The number of rotatable bonds is 6. The fourth-order valence-electron chi connectivity index (χ4n) is 1.77. The minimum absolute atomic E-state index is 0.0461. The molecule has 0 spiro atoms. The Hall–Kier alpha value is -2.04. The van der Waals surface area contributed by atoms with Gasteiger partial charge in [0.2, 0.25) is 0 Å². The Morgan fingerprint density at radius 2 is 2.05 bits per heavy atom. The zero-order valence-corrected chi connectivity index (χ0v) is 11.1. The van der Waals surface area contributed by atoms with Gasteiger partial charge in [-0.25, -0.2) is 0 Å². The zero-order chi connectivity index (χ0) is 14.4. The minimum atomic E-state index is -0.838. The number of phenolic OH excluding ortho intramolecular Hbond substituents is 1. The fraction of sp³-hybridized carbons (Fsp3) is 0.429. The fourth-order valence-corrected chi connectivity index (χ4v) is 1.77. The average Bonchev–Trinajstić information content (AvgIpc) is 2.27. The van der Waals surface area contributed by atoms with E-state index in [1.165, 1.54) is 6.07 Å². The van der Waals surface area contributed by atoms with Crippen LogP contribution in [-0.4, -0.2) is 28.1 Å². The van der Waals surface area contributed by atoms with Gasteiger partial charge in [-0.15, -0.1) is 0 Å². The number of aliphatic carboxylic acids is 1. The second-order valence-corrected chi connectivity index (χ2v) is 4.68. The summed E-state index contributed by atoms with van der Waals surface area (Å²) in [6.45, 7) is 3.64. The van der Waals surface area contributed by atoms with Crippen molar-refractivity contribution in [3.63, 3.8) is 0 Å². The first-order valence-electron chi connectivity index (χ1n) is 6.22. The van der Waals surface area contributed by atoms with Crippen molar-refractivity contribution in [2.45, 2.75) is 39.2 Å². The summed E-state index contributed by atoms with van der Waals surface area (Å²) in [5.41, 5.74) is 1.11. The molecule has 1 aromatic carbocycles. The lowest BCUT2D eigenvalue weighted by Crippen LogP contribution is -2.32. The van der Waals surface area contributed by atoms with Crippen molar-refractivity contribution in [3.8, 4) is 5.75 Å². The number of aromatic hydroxyl groups is 1. The second-order valence-electron chi connectivity index (χ2n) is 4.68. The largest absolute Gasteiger partial charge is 0.507 e. The van der Waals surface area contributed by atoms with E-state index in [1.807, 2.05) is 13.8 Å². The van der Waals surface area contributed by atoms with Gasteiger partial charge in [-0.1, -0.05) is 6.07 Å². The van der Waals surface area contributed by atoms with Gasteiger partial charge in [0.05, 0.1) is 5.56 Å². The molecule has 1 unspecified atom stereocenters. The highest BCUT2D eigenvalue weighted by Crippen LogP contribution is 2.18. The van der Waals surface area contributed by atoms with E-state index in [2.05, 4.69) is 5.32 Å². The molecule has 0 fully saturated rings. The number of carbonyl (C=O) groups excluding carboxylic acids is 1. The Bertz CT molecular complexity index is 471. The third kappa shape index (κ3) is 4.99. The number of benzene rings is 1. The van der Waals surface area contributed by atoms with Crippen molar-refractivity contribution < 1.29 is 19.8 Å². The summed E-state index contributed by atoms with van der Waals surface area (Å²) in [4.78, 5) is 22.3. The standard InChI is InChI=1S/C14H19NO4/c1-9-6-7-11(12(16)8-9)14(19)15-10(2)4-3-5-13(17)18/h6-8,10,16H,3-5H2,1-2H3,(H,15,19)(H,17,18). The molecule has 1 amide bonds. The first-order chi connectivity index (χ1) is 8.90. The topological polar surface area (TPSA) is 86.6 Å². The van der Waals surface area contributed by atoms with E-state index in [9.17, 15) is 14.7 Å². The minimum Gasteiger partial charge on any atom is -0.507 e. The predicted octanol–water partition coefficient (Wildman–Crippen LogP) is 2.07. The highest BCUT2D eigenvalue weighted by atomic mass is 16.4. The molecule has 1 rings (SSSR count). The number of hydrogen-bond donors (Lipinski definition) is 3. The first kappa shape index (κ1) is 15.0. The van der Waals surface area contributed by atoms with Crippen molar-refractivity contribution in [2.75, 3.05) is 0 Å². The van der Waals surface area contributed by atoms with Gasteiger partial charge in [0.15, 0.2) is 0 Å². The van der Waals surface area contributed by atoms with Gasteiger partial charge in [0, 0.05) is 12.5 Å². The van der Waals surface area contributed by atoms with Crippen molar-refractivity contribution >= 4 is 11.9 Å². The SMILES string of the molecule is Cc1ccc(C(=O)NC(C)CCCC(=O)O)c(O)c1. The summed E-state index contributed by atoms with van der Waals surface area (Å²) >= 11 is 0. The van der Waals surface area contributed by atoms with Crippen LogP contribution in [0.1, 0.15) is 42.1 Å². The molecule has 1 aromatic rings. The number of amides is 1. The molecule has 0 aliphatic rings. The molecule has 0 saturated carbocycles. The third-order valence-corrected chi connectivity index (χ3v) is 2.80. The van der Waals surface area contributed by atoms with Crippen LogP contribution in [0.5, 0.6) is 5.75 Å². The lowest BCUT2D eigenvalue weighted by molar-refractivity contribution is -0.137. The van der Waals surface area contributed by atoms with E-state index in [0.29, 0.717) is 12.8 Å². The molecule has 0 aliphatic carbocycles. The molecule has 1 atom stereocenters. The average molecular weight is 265 g/mol. The molecule has 5 heteroatoms. The van der Waals surface area contributed by atoms with Crippen molar-refractivity contribution in [2.24, 2.45) is 0 Å². The molecule has 19 heavy (non-hydrogen) atoms. The number of phenols is 1. The van der Waals surface area contributed by atoms with Crippen molar-refractivity contribution in [1.82, 2.24) is 5.32 Å². The molecule has 3 N–H and O–H groups in total. The number of nitrogens with one attached hydrogen (secondary N) is 1. The quantitative estimate of drug-likeness (QED) is 0.735. The molecule has 104 valence electrons. The maximum atomic E-state index is 11.9. The van der Waals surface area contributed by atoms with Crippen LogP contribution in [0.3, 0.4) is 0 Å². The number of carboxylic acid groups (broad SMARTS) is 1. The van der Waals surface area contributed by atoms with Gasteiger partial charge >= 0.3 is 5.97 Å². The van der Waals surface area contributed by atoms with E-state index in [0.717, 1.165) is 5.56 Å². The lowest BCUT2D eigenvalue weighted by atomic mass is 10.1. The summed E-state index contributed by atoms with van der Waals surface area (Å²) < 4.78 is 0. The molecular formula is C14H19NO4. The van der Waals surface area contributed by atoms with Gasteiger partial charge in [-0.2, -0.15) is 0 Å². The van der Waals surface area contributed by atoms with Gasteiger partial charge in [-0.05, 0) is 44.4 Å². The Kier molecular flexibility index (Phi) is 5.36. The lowest BCUT2D eigenvalue weighted by Gasteiger charge is -2.14. The van der Waals surface area contributed by atoms with Gasteiger partial charge < -0.3 is 15.5 Å². The summed E-state index contributed by atoms with van der Waals surface area (Å²) in [6, 6.07) is 4.73. The van der Waals surface area contributed by atoms with Crippen LogP contribution in [0.4, 0.5) is 0 Å². The molecule has 5 nitrogen and oxygen atoms in total. The van der Waals surface area contributed by atoms with E-state index >= 15 is 0 Å². The number of carbonyl (C=O) groups is 2. The highest BCUT2D eigenvalue weighted by Gasteiger charge is 2.13. The number of carboxylic acids is 1. The van der Waals surface area contributed by atoms with Gasteiger partial charge in [0.1, 0.15) is 5.75 Å². The van der Waals surface area contributed by atoms with Crippen molar-refractivity contribution in [1.29, 1.82) is 0 Å². The molecule has 0 bridgehead atoms. The first-order valence-corrected chi connectivity index (χ1v) is 6.22. The van der Waals surface area contributed by atoms with Crippen LogP contribution < -0.4 is 5.32 Å². The molecule has 0 saturated heterocycles. The Balaban J connectivity index is 2.52. The predicted molar refractivity (Wildman–Crippen MR) is 71.3 cm³/mol. The zero-order valence-electron chi connectivity index (χ0n) is 11.1. The maximum Gasteiger partial charge on any atom is 0.303 e. The number of aryl methyl sites for hydroxylation is 1. The Labute approximate surface area is 112 Å². The highest BCUT2D eigenvalue weighted by molar-refractivity contribution is 5.97. The van der Waals surface area contributed by atoms with Crippen LogP contribution in [-0.2, 0) is 4.79 Å². The van der Waals surface area contributed by atoms with E-state index < -0.39 is 5.97 Å². The summed E-state index contributed by atoms with van der Waals surface area (Å²) in [5, 5.41) is 21.0. The van der Waals surface area contributed by atoms with Crippen LogP contribution in [0.15, 0.2) is 18.2 Å². The van der Waals surface area contributed by atoms with Crippen LogP contribution in [0.25, 0.3) is 0 Å². The van der Waals surface area contributed by atoms with E-state index in [4.69, 9.17) is 5.11 Å². The van der Waals surface area contributed by atoms with Crippen molar-refractivity contribution in [3.05, 3.63) is 29.3 Å². The molecule has 0 aromatic heterocycles. The summed E-state index contributed by atoms with van der Waals surface area (Å²) in [5.74, 6) is -1.23. The number of hydrogen-bond acceptors (Lipinski definition) is 3. The molecule has 0 aliphatic heterocycles. The van der Waals surface area contributed by atoms with Gasteiger partial charge in [0.25, 0.3) is 5.91 Å². The van der Waals surface area contributed by atoms with E-state index in [-0.39, 0.29) is 29.7 Å². The molecular weight excluding hydrogens is 246 g/mol. The second kappa shape index (κ2) is 6.78. The van der Waals surface area contributed by atoms with E-state index in [1.54, 1.807) is 12.1 Å². The van der Waals surface area contributed by atoms with Crippen LogP contribution in [0.2, 0.25) is 0 Å². The maximum absolute atomic E-state index is 11.9. The smallest absolute Gasteiger partial charge is 0.303 e. The molecule has 0 heterocycles. The van der Waals surface area contributed by atoms with Gasteiger partial charge in [-0.3, -0.25) is 9.59 Å². The summed E-state index contributed by atoms with van der Waals surface area (Å²) in [6.07, 6.45) is 1.19. The third-order valence-electron chi connectivity index (χ3n) is 2.80. The molecule has 0 radical (unpaired) electrons. The monoisotopic (exact) mass is 265 g/mol. The summed E-state index contributed by atoms with van der Waals surface area (Å²) in [7, 11) is 0.